The highest BCUT2D eigenvalue weighted by Gasteiger charge is 2.43. The summed E-state index contributed by atoms with van der Waals surface area (Å²) in [6.07, 6.45) is 5.66. The van der Waals surface area contributed by atoms with Crippen LogP contribution in [-0.2, 0) is 11.3 Å². The minimum atomic E-state index is -1.00. The fourth-order valence-electron chi connectivity index (χ4n) is 6.17. The second kappa shape index (κ2) is 9.81. The topological polar surface area (TPSA) is 97.9 Å². The van der Waals surface area contributed by atoms with Crippen LogP contribution in [0.15, 0.2) is 34.9 Å². The van der Waals surface area contributed by atoms with Gasteiger partial charge in [0.1, 0.15) is 34.4 Å². The maximum atomic E-state index is 14.6. The molecular weight excluding hydrogens is 540 g/mol. The van der Waals surface area contributed by atoms with E-state index in [9.17, 15) is 18.7 Å². The molecule has 2 unspecified atom stereocenters. The van der Waals surface area contributed by atoms with E-state index >= 15 is 0 Å². The molecular formula is C29H27F2N3O5S. The van der Waals surface area contributed by atoms with Gasteiger partial charge in [-0.05, 0) is 62.8 Å². The summed E-state index contributed by atoms with van der Waals surface area (Å²) in [5.74, 6) is -0.859. The first-order chi connectivity index (χ1) is 19.4. The number of rotatable bonds is 8. The Bertz CT molecular complexity index is 1600. The van der Waals surface area contributed by atoms with Gasteiger partial charge < -0.3 is 24.0 Å². The van der Waals surface area contributed by atoms with Crippen LogP contribution in [0.2, 0.25) is 0 Å². The average Bonchev–Trinajstić information content (AvgIpc) is 3.45. The molecule has 2 saturated heterocycles. The largest absolute Gasteiger partial charge is 0.494 e. The van der Waals surface area contributed by atoms with Gasteiger partial charge in [0.05, 0.1) is 30.1 Å². The smallest absolute Gasteiger partial charge is 0.335 e. The molecule has 7 rings (SSSR count). The van der Waals surface area contributed by atoms with E-state index in [4.69, 9.17) is 19.0 Å². The molecule has 2 atom stereocenters. The van der Waals surface area contributed by atoms with Gasteiger partial charge in [-0.25, -0.2) is 18.6 Å². The normalized spacial score (nSPS) is 22.3. The van der Waals surface area contributed by atoms with Crippen molar-refractivity contribution in [1.82, 2.24) is 10.1 Å². The fraction of sp³-hybridized carbons (Fsp3) is 0.414. The van der Waals surface area contributed by atoms with Crippen LogP contribution in [0.5, 0.6) is 5.75 Å². The lowest BCUT2D eigenvalue weighted by Gasteiger charge is -2.38. The highest BCUT2D eigenvalue weighted by atomic mass is 32.1. The van der Waals surface area contributed by atoms with E-state index in [0.717, 1.165) is 65.7 Å². The number of carboxylic acids is 1. The van der Waals surface area contributed by atoms with Crippen LogP contribution >= 0.6 is 11.3 Å². The standard InChI is InChI=1S/C29H27F2N3O5S/c1-37-23-8-15(28(35)36)9-24-26(23)32-29(40-24)34-17-5-6-18(34)12-19(11-17)38-13-21-25(33-39-27(21)14-2-3-14)20-7-4-16(30)10-22(20)31/h4,7-10,14,17-19H,2-3,5-6,11-13H2,1H3,(H,35,36). The predicted molar refractivity (Wildman–Crippen MR) is 144 cm³/mol. The van der Waals surface area contributed by atoms with Crippen molar-refractivity contribution in [3.63, 3.8) is 0 Å². The summed E-state index contributed by atoms with van der Waals surface area (Å²) in [5.41, 5.74) is 2.18. The summed E-state index contributed by atoms with van der Waals surface area (Å²) in [4.78, 5) is 18.8. The molecule has 1 aliphatic carbocycles. The number of nitrogens with zero attached hydrogens (tertiary/aromatic N) is 3. The van der Waals surface area contributed by atoms with Gasteiger partial charge in [0.15, 0.2) is 5.13 Å². The zero-order valence-corrected chi connectivity index (χ0v) is 22.5. The van der Waals surface area contributed by atoms with Crippen molar-refractivity contribution in [2.24, 2.45) is 0 Å². The number of aromatic nitrogens is 2. The minimum Gasteiger partial charge on any atom is -0.494 e. The highest BCUT2D eigenvalue weighted by molar-refractivity contribution is 7.22. The Kier molecular flexibility index (Phi) is 6.23. The molecule has 4 aromatic rings. The van der Waals surface area contributed by atoms with E-state index in [-0.39, 0.29) is 41.8 Å². The van der Waals surface area contributed by atoms with Crippen molar-refractivity contribution in [3.8, 4) is 17.0 Å². The van der Waals surface area contributed by atoms with Gasteiger partial charge >= 0.3 is 5.97 Å². The number of fused-ring (bicyclic) bond motifs is 3. The van der Waals surface area contributed by atoms with Gasteiger partial charge in [0, 0.05) is 35.2 Å². The number of carboxylic acid groups (broad SMARTS) is 1. The Hall–Kier alpha value is -3.57. The van der Waals surface area contributed by atoms with Gasteiger partial charge in [-0.3, -0.25) is 0 Å². The average molecular weight is 568 g/mol. The van der Waals surface area contributed by atoms with Crippen LogP contribution in [-0.4, -0.2) is 46.5 Å². The first-order valence-corrected chi connectivity index (χ1v) is 14.3. The number of thiazole rings is 1. The first kappa shape index (κ1) is 25.4. The Morgan fingerprint density at radius 1 is 1.15 bits per heavy atom. The van der Waals surface area contributed by atoms with Crippen LogP contribution in [0.25, 0.3) is 21.5 Å². The van der Waals surface area contributed by atoms with E-state index in [1.54, 1.807) is 6.07 Å². The number of hydrogen-bond donors (Lipinski definition) is 1. The SMILES string of the molecule is COc1cc(C(=O)O)cc2sc(N3C4CCC3CC(OCc3c(-c5ccc(F)cc5F)noc3C3CC3)C4)nc12. The van der Waals surface area contributed by atoms with Crippen LogP contribution in [0.4, 0.5) is 13.9 Å². The van der Waals surface area contributed by atoms with Gasteiger partial charge in [-0.2, -0.15) is 0 Å². The maximum Gasteiger partial charge on any atom is 0.335 e. The molecule has 40 heavy (non-hydrogen) atoms. The predicted octanol–water partition coefficient (Wildman–Crippen LogP) is 6.53. The van der Waals surface area contributed by atoms with Crippen molar-refractivity contribution in [1.29, 1.82) is 0 Å². The molecule has 2 aromatic carbocycles. The lowest BCUT2D eigenvalue weighted by Crippen LogP contribution is -2.45. The molecule has 1 N–H and O–H groups in total. The van der Waals surface area contributed by atoms with Gasteiger partial charge in [-0.1, -0.05) is 16.5 Å². The molecule has 0 radical (unpaired) electrons. The quantitative estimate of drug-likeness (QED) is 0.257. The van der Waals surface area contributed by atoms with Crippen molar-refractivity contribution in [3.05, 3.63) is 58.9 Å². The fourth-order valence-corrected chi connectivity index (χ4v) is 7.34. The number of halogens is 2. The van der Waals surface area contributed by atoms with Crippen LogP contribution < -0.4 is 9.64 Å². The van der Waals surface area contributed by atoms with E-state index in [1.165, 1.54) is 36.6 Å². The summed E-state index contributed by atoms with van der Waals surface area (Å²) < 4.78 is 46.5. The number of aromatic carboxylic acids is 1. The number of ether oxygens (including phenoxy) is 2. The molecule has 0 spiro atoms. The molecule has 3 fully saturated rings. The van der Waals surface area contributed by atoms with Crippen molar-refractivity contribution >= 4 is 32.7 Å². The molecule has 2 bridgehead atoms. The third-order valence-electron chi connectivity index (χ3n) is 8.24. The van der Waals surface area contributed by atoms with Gasteiger partial charge in [0.25, 0.3) is 0 Å². The summed E-state index contributed by atoms with van der Waals surface area (Å²) in [6.45, 7) is 0.252. The minimum absolute atomic E-state index is 0.00384. The van der Waals surface area contributed by atoms with Crippen LogP contribution in [0, 0.1) is 11.6 Å². The second-order valence-corrected chi connectivity index (χ2v) is 11.8. The summed E-state index contributed by atoms with van der Waals surface area (Å²) in [7, 11) is 1.52. The molecule has 2 aromatic heterocycles. The third kappa shape index (κ3) is 4.41. The molecule has 8 nitrogen and oxygen atoms in total. The number of carbonyl (C=O) groups is 1. The van der Waals surface area contributed by atoms with Crippen molar-refractivity contribution in [2.45, 2.75) is 69.2 Å². The van der Waals surface area contributed by atoms with E-state index in [2.05, 4.69) is 10.1 Å². The Balaban J connectivity index is 1.11. The maximum absolute atomic E-state index is 14.6. The Labute approximate surface area is 232 Å². The third-order valence-corrected chi connectivity index (χ3v) is 9.26. The van der Waals surface area contributed by atoms with Gasteiger partial charge in [-0.15, -0.1) is 0 Å². The Morgan fingerprint density at radius 3 is 2.60 bits per heavy atom. The molecule has 11 heteroatoms. The van der Waals surface area contributed by atoms with Crippen LogP contribution in [0.1, 0.15) is 66.1 Å². The lowest BCUT2D eigenvalue weighted by atomic mass is 10.00. The van der Waals surface area contributed by atoms with Crippen molar-refractivity contribution < 1.29 is 32.7 Å². The van der Waals surface area contributed by atoms with E-state index in [0.29, 0.717) is 17.0 Å². The molecule has 208 valence electrons. The molecule has 2 aliphatic heterocycles. The number of hydrogen-bond acceptors (Lipinski definition) is 8. The van der Waals surface area contributed by atoms with Crippen LogP contribution in [0.3, 0.4) is 0 Å². The van der Waals surface area contributed by atoms with E-state index in [1.807, 2.05) is 0 Å². The number of methoxy groups -OCH3 is 1. The molecule has 4 heterocycles. The number of benzene rings is 2. The lowest BCUT2D eigenvalue weighted by molar-refractivity contribution is 0.0147. The summed E-state index contributed by atoms with van der Waals surface area (Å²) >= 11 is 1.49. The first-order valence-electron chi connectivity index (χ1n) is 13.4. The molecule has 3 aliphatic rings. The second-order valence-electron chi connectivity index (χ2n) is 10.8. The number of piperidine rings is 1. The van der Waals surface area contributed by atoms with E-state index < -0.39 is 17.6 Å². The zero-order valence-electron chi connectivity index (χ0n) is 21.7. The van der Waals surface area contributed by atoms with Gasteiger partial charge in [0.2, 0.25) is 0 Å². The molecule has 1 saturated carbocycles. The molecule has 0 amide bonds. The number of anilines is 1. The highest BCUT2D eigenvalue weighted by Crippen LogP contribution is 2.46. The summed E-state index contributed by atoms with van der Waals surface area (Å²) in [6, 6.07) is 7.13. The Morgan fingerprint density at radius 2 is 1.93 bits per heavy atom. The zero-order chi connectivity index (χ0) is 27.5. The summed E-state index contributed by atoms with van der Waals surface area (Å²) in [5, 5.41) is 14.5. The monoisotopic (exact) mass is 567 g/mol. The van der Waals surface area contributed by atoms with Crippen molar-refractivity contribution in [2.75, 3.05) is 12.0 Å².